The molecule has 0 aromatic carbocycles. The summed E-state index contributed by atoms with van der Waals surface area (Å²) in [6, 6.07) is 0. The van der Waals surface area contributed by atoms with Gasteiger partial charge in [-0.3, -0.25) is 4.68 Å². The first-order chi connectivity index (χ1) is 6.97. The molecular formula is C12H21BrN2. The predicted octanol–water partition coefficient (Wildman–Crippen LogP) is 3.71. The van der Waals surface area contributed by atoms with Gasteiger partial charge in [0.05, 0.1) is 5.69 Å². The van der Waals surface area contributed by atoms with E-state index in [1.807, 2.05) is 11.7 Å². The summed E-state index contributed by atoms with van der Waals surface area (Å²) in [6.07, 6.45) is 2.11. The van der Waals surface area contributed by atoms with Crippen LogP contribution in [0.5, 0.6) is 0 Å². The highest BCUT2D eigenvalue weighted by molar-refractivity contribution is 9.08. The Kier molecular flexibility index (Phi) is 4.38. The van der Waals surface area contributed by atoms with Crippen molar-refractivity contribution < 1.29 is 0 Å². The van der Waals surface area contributed by atoms with Crippen LogP contribution < -0.4 is 0 Å². The molecule has 1 aromatic rings. The van der Waals surface area contributed by atoms with Gasteiger partial charge < -0.3 is 0 Å². The number of halogens is 1. The summed E-state index contributed by atoms with van der Waals surface area (Å²) in [5, 5.41) is 5.51. The summed E-state index contributed by atoms with van der Waals surface area (Å²) in [5.41, 5.74) is 2.59. The summed E-state index contributed by atoms with van der Waals surface area (Å²) in [7, 11) is 1.99. The molecule has 0 radical (unpaired) electrons. The molecule has 0 aliphatic carbocycles. The molecule has 0 atom stereocenters. The molecule has 0 saturated heterocycles. The molecule has 15 heavy (non-hydrogen) atoms. The van der Waals surface area contributed by atoms with E-state index in [-0.39, 0.29) is 0 Å². The molecule has 0 bridgehead atoms. The minimum absolute atomic E-state index is 0.554. The van der Waals surface area contributed by atoms with Crippen molar-refractivity contribution in [3.63, 3.8) is 0 Å². The van der Waals surface area contributed by atoms with Crippen molar-refractivity contribution in [2.75, 3.05) is 0 Å². The summed E-state index contributed by atoms with van der Waals surface area (Å²) in [4.78, 5) is 0. The molecule has 0 aliphatic rings. The molecule has 0 fully saturated rings. The second-order valence-corrected chi connectivity index (χ2v) is 5.42. The van der Waals surface area contributed by atoms with Crippen LogP contribution in [0.2, 0.25) is 0 Å². The minimum Gasteiger partial charge on any atom is -0.275 e. The minimum atomic E-state index is 0.554. The van der Waals surface area contributed by atoms with Crippen LogP contribution in [0.25, 0.3) is 0 Å². The monoisotopic (exact) mass is 272 g/mol. The lowest BCUT2D eigenvalue weighted by atomic mass is 9.82. The average Bonchev–Trinajstić information content (AvgIpc) is 2.45. The average molecular weight is 273 g/mol. The number of alkyl halides is 1. The second kappa shape index (κ2) is 5.15. The maximum Gasteiger partial charge on any atom is 0.0700 e. The molecule has 0 unspecified atom stereocenters. The zero-order chi connectivity index (χ0) is 11.6. The van der Waals surface area contributed by atoms with Gasteiger partial charge in [0.15, 0.2) is 0 Å². The predicted molar refractivity (Wildman–Crippen MR) is 68.3 cm³/mol. The molecule has 1 rings (SSSR count). The van der Waals surface area contributed by atoms with Crippen LogP contribution in [0.3, 0.4) is 0 Å². The van der Waals surface area contributed by atoms with Crippen molar-refractivity contribution >= 4 is 15.9 Å². The second-order valence-electron chi connectivity index (χ2n) is 4.86. The Morgan fingerprint density at radius 1 is 1.27 bits per heavy atom. The molecule has 0 aliphatic heterocycles. The fourth-order valence-electron chi connectivity index (χ4n) is 2.34. The van der Waals surface area contributed by atoms with Crippen molar-refractivity contribution in [1.29, 1.82) is 0 Å². The fourth-order valence-corrected chi connectivity index (χ4v) is 2.77. The van der Waals surface area contributed by atoms with Gasteiger partial charge in [-0.25, -0.2) is 0 Å². The Morgan fingerprint density at radius 3 is 2.20 bits per heavy atom. The smallest absolute Gasteiger partial charge is 0.0700 e. The summed E-state index contributed by atoms with van der Waals surface area (Å²) < 4.78 is 1.92. The van der Waals surface area contributed by atoms with Gasteiger partial charge >= 0.3 is 0 Å². The number of aryl methyl sites for hydroxylation is 1. The third-order valence-electron chi connectivity index (χ3n) is 2.83. The summed E-state index contributed by atoms with van der Waals surface area (Å²) in [5.74, 6) is 1.83. The highest BCUT2D eigenvalue weighted by Gasteiger charge is 2.24. The van der Waals surface area contributed by atoms with Crippen LogP contribution in [0, 0.1) is 11.8 Å². The summed E-state index contributed by atoms with van der Waals surface area (Å²) in [6.45, 7) is 9.10. The van der Waals surface area contributed by atoms with E-state index < -0.39 is 0 Å². The van der Waals surface area contributed by atoms with Gasteiger partial charge in [0, 0.05) is 30.1 Å². The maximum atomic E-state index is 4.61. The van der Waals surface area contributed by atoms with E-state index in [0.29, 0.717) is 17.8 Å². The molecule has 1 aromatic heterocycles. The van der Waals surface area contributed by atoms with Crippen LogP contribution in [-0.4, -0.2) is 9.78 Å². The Labute approximate surface area is 101 Å². The molecule has 2 nitrogen and oxygen atoms in total. The third kappa shape index (κ3) is 2.83. The molecule has 86 valence electrons. The number of hydrogen-bond acceptors (Lipinski definition) is 1. The first-order valence-electron chi connectivity index (χ1n) is 5.55. The zero-order valence-electron chi connectivity index (χ0n) is 10.3. The van der Waals surface area contributed by atoms with Gasteiger partial charge in [-0.05, 0) is 11.8 Å². The van der Waals surface area contributed by atoms with E-state index in [1.54, 1.807) is 0 Å². The molecule has 0 saturated carbocycles. The maximum absolute atomic E-state index is 4.61. The van der Waals surface area contributed by atoms with Crippen molar-refractivity contribution in [2.24, 2.45) is 18.9 Å². The third-order valence-corrected chi connectivity index (χ3v) is 3.44. The van der Waals surface area contributed by atoms with Crippen molar-refractivity contribution in [3.05, 3.63) is 17.5 Å². The Hall–Kier alpha value is -0.310. The highest BCUT2D eigenvalue weighted by Crippen LogP contribution is 2.33. The highest BCUT2D eigenvalue weighted by atomic mass is 79.9. The van der Waals surface area contributed by atoms with Crippen LogP contribution in [0.1, 0.15) is 44.9 Å². The first kappa shape index (κ1) is 12.8. The Morgan fingerprint density at radius 2 is 1.80 bits per heavy atom. The molecular weight excluding hydrogens is 252 g/mol. The fraction of sp³-hybridized carbons (Fsp3) is 0.750. The zero-order valence-corrected chi connectivity index (χ0v) is 11.9. The van der Waals surface area contributed by atoms with Crippen LogP contribution in [0.4, 0.5) is 0 Å². The van der Waals surface area contributed by atoms with Gasteiger partial charge in [-0.2, -0.15) is 5.10 Å². The lowest BCUT2D eigenvalue weighted by Gasteiger charge is -2.23. The largest absolute Gasteiger partial charge is 0.275 e. The van der Waals surface area contributed by atoms with Gasteiger partial charge in [-0.1, -0.05) is 43.6 Å². The molecule has 0 N–H and O–H groups in total. The normalized spacial score (nSPS) is 12.1. The number of nitrogens with zero attached hydrogens (tertiary/aromatic N) is 2. The number of hydrogen-bond donors (Lipinski definition) is 0. The lowest BCUT2D eigenvalue weighted by molar-refractivity contribution is 0.376. The topological polar surface area (TPSA) is 17.8 Å². The van der Waals surface area contributed by atoms with Crippen molar-refractivity contribution in [3.8, 4) is 0 Å². The van der Waals surface area contributed by atoms with Gasteiger partial charge in [-0.15, -0.1) is 0 Å². The van der Waals surface area contributed by atoms with E-state index in [9.17, 15) is 0 Å². The number of rotatable bonds is 4. The van der Waals surface area contributed by atoms with E-state index in [0.717, 1.165) is 5.33 Å². The summed E-state index contributed by atoms with van der Waals surface area (Å²) >= 11 is 3.53. The van der Waals surface area contributed by atoms with E-state index in [2.05, 4.69) is 54.9 Å². The molecule has 1 heterocycles. The van der Waals surface area contributed by atoms with E-state index in [4.69, 9.17) is 0 Å². The molecule has 0 amide bonds. The van der Waals surface area contributed by atoms with E-state index >= 15 is 0 Å². The Bertz CT molecular complexity index is 307. The SMILES string of the molecule is CC(C)C(c1nn(C)cc1CBr)C(C)C. The first-order valence-corrected chi connectivity index (χ1v) is 6.67. The van der Waals surface area contributed by atoms with Gasteiger partial charge in [0.1, 0.15) is 0 Å². The van der Waals surface area contributed by atoms with Gasteiger partial charge in [0.25, 0.3) is 0 Å². The standard InChI is InChI=1S/C12H21BrN2/c1-8(2)11(9(3)4)12-10(6-13)7-15(5)14-12/h7-9,11H,6H2,1-5H3. The van der Waals surface area contributed by atoms with Crippen LogP contribution in [-0.2, 0) is 12.4 Å². The van der Waals surface area contributed by atoms with Crippen molar-refractivity contribution in [1.82, 2.24) is 9.78 Å². The Balaban J connectivity index is 3.09. The molecule has 3 heteroatoms. The quantitative estimate of drug-likeness (QED) is 0.765. The molecule has 0 spiro atoms. The van der Waals surface area contributed by atoms with Gasteiger partial charge in [0.2, 0.25) is 0 Å². The van der Waals surface area contributed by atoms with E-state index in [1.165, 1.54) is 11.3 Å². The lowest BCUT2D eigenvalue weighted by Crippen LogP contribution is -2.15. The van der Waals surface area contributed by atoms with Crippen LogP contribution in [0.15, 0.2) is 6.20 Å². The number of aromatic nitrogens is 2. The van der Waals surface area contributed by atoms with Crippen molar-refractivity contribution in [2.45, 2.75) is 38.9 Å². The van der Waals surface area contributed by atoms with Crippen LogP contribution >= 0.6 is 15.9 Å².